The van der Waals surface area contributed by atoms with Crippen molar-refractivity contribution in [1.29, 1.82) is 0 Å². The lowest BCUT2D eigenvalue weighted by molar-refractivity contribution is 0.0519. The summed E-state index contributed by atoms with van der Waals surface area (Å²) in [7, 11) is -4.54. The lowest BCUT2D eigenvalue weighted by Crippen LogP contribution is -2.15. The lowest BCUT2D eigenvalue weighted by Gasteiger charge is -2.06. The standard InChI is InChI=1S/C12H13N3O6S/c1-2-21-12(17)9-6-11(16)15(14-9)7-3-4-8(13)10(5-7)22(18,19)20/h3-6,14H,2,13H2,1H3,(H,18,19,20). The summed E-state index contributed by atoms with van der Waals surface area (Å²) in [5.74, 6) is -0.719. The number of esters is 1. The molecular formula is C12H13N3O6S. The highest BCUT2D eigenvalue weighted by atomic mass is 32.2. The van der Waals surface area contributed by atoms with E-state index in [1.807, 2.05) is 0 Å². The monoisotopic (exact) mass is 327 g/mol. The van der Waals surface area contributed by atoms with Crippen molar-refractivity contribution in [1.82, 2.24) is 9.78 Å². The third kappa shape index (κ3) is 3.02. The Balaban J connectivity index is 2.54. The lowest BCUT2D eigenvalue weighted by atomic mass is 10.3. The first-order valence-electron chi connectivity index (χ1n) is 6.10. The molecule has 1 aromatic heterocycles. The molecule has 0 saturated carbocycles. The molecule has 0 fully saturated rings. The van der Waals surface area contributed by atoms with Crippen molar-refractivity contribution in [2.75, 3.05) is 12.3 Å². The minimum absolute atomic E-state index is 0.0855. The van der Waals surface area contributed by atoms with E-state index < -0.39 is 26.5 Å². The molecule has 10 heteroatoms. The molecule has 9 nitrogen and oxygen atoms in total. The van der Waals surface area contributed by atoms with Crippen LogP contribution < -0.4 is 11.3 Å². The van der Waals surface area contributed by atoms with Gasteiger partial charge in [0.1, 0.15) is 10.6 Å². The van der Waals surface area contributed by atoms with Crippen LogP contribution in [0.5, 0.6) is 0 Å². The smallest absolute Gasteiger partial charge is 0.356 e. The van der Waals surface area contributed by atoms with Gasteiger partial charge in [-0.1, -0.05) is 0 Å². The van der Waals surface area contributed by atoms with E-state index in [-0.39, 0.29) is 23.7 Å². The average Bonchev–Trinajstić information content (AvgIpc) is 2.80. The van der Waals surface area contributed by atoms with Crippen LogP contribution >= 0.6 is 0 Å². The molecule has 0 unspecified atom stereocenters. The van der Waals surface area contributed by atoms with Crippen LogP contribution in [0, 0.1) is 0 Å². The van der Waals surface area contributed by atoms with Gasteiger partial charge in [0.25, 0.3) is 15.7 Å². The van der Waals surface area contributed by atoms with Gasteiger partial charge in [-0.15, -0.1) is 0 Å². The van der Waals surface area contributed by atoms with Gasteiger partial charge in [0.15, 0.2) is 0 Å². The molecule has 0 aliphatic rings. The predicted molar refractivity (Wildman–Crippen MR) is 76.6 cm³/mol. The normalized spacial score (nSPS) is 11.4. The highest BCUT2D eigenvalue weighted by Gasteiger charge is 2.17. The van der Waals surface area contributed by atoms with E-state index in [1.165, 1.54) is 12.1 Å². The van der Waals surface area contributed by atoms with Crippen LogP contribution in [0.1, 0.15) is 17.4 Å². The quantitative estimate of drug-likeness (QED) is 0.412. The number of nitrogens with two attached hydrogens (primary N) is 1. The van der Waals surface area contributed by atoms with Gasteiger partial charge in [0, 0.05) is 6.07 Å². The number of carbonyl (C=O) groups is 1. The van der Waals surface area contributed by atoms with Crippen molar-refractivity contribution in [3.05, 3.63) is 40.3 Å². The first-order valence-corrected chi connectivity index (χ1v) is 7.54. The Morgan fingerprint density at radius 1 is 1.41 bits per heavy atom. The van der Waals surface area contributed by atoms with Crippen molar-refractivity contribution in [3.8, 4) is 5.69 Å². The molecule has 118 valence electrons. The number of rotatable bonds is 4. The molecule has 2 rings (SSSR count). The number of benzene rings is 1. The highest BCUT2D eigenvalue weighted by Crippen LogP contribution is 2.21. The van der Waals surface area contributed by atoms with Crippen molar-refractivity contribution in [3.63, 3.8) is 0 Å². The van der Waals surface area contributed by atoms with Crippen LogP contribution in [0.25, 0.3) is 5.69 Å². The Bertz CT molecular complexity index is 881. The number of nitrogens with one attached hydrogen (secondary N) is 1. The maximum Gasteiger partial charge on any atom is 0.356 e. The Kier molecular flexibility index (Phi) is 4.06. The van der Waals surface area contributed by atoms with Gasteiger partial charge in [-0.3, -0.25) is 14.4 Å². The van der Waals surface area contributed by atoms with Gasteiger partial charge in [0.2, 0.25) is 0 Å². The third-order valence-electron chi connectivity index (χ3n) is 2.75. The number of nitrogens with zero attached hydrogens (tertiary/aromatic N) is 1. The van der Waals surface area contributed by atoms with Crippen LogP contribution in [0.3, 0.4) is 0 Å². The molecule has 0 atom stereocenters. The minimum atomic E-state index is -4.54. The molecule has 0 spiro atoms. The Hall–Kier alpha value is -2.59. The summed E-state index contributed by atoms with van der Waals surface area (Å²) in [4.78, 5) is 22.9. The van der Waals surface area contributed by atoms with Crippen LogP contribution in [0.4, 0.5) is 5.69 Å². The van der Waals surface area contributed by atoms with Crippen LogP contribution in [-0.4, -0.2) is 35.3 Å². The van der Waals surface area contributed by atoms with E-state index in [0.29, 0.717) is 0 Å². The molecule has 0 radical (unpaired) electrons. The predicted octanol–water partition coefficient (Wildman–Crippen LogP) is 0.171. The second-order valence-electron chi connectivity index (χ2n) is 4.26. The molecule has 2 aromatic rings. The number of H-pyrrole nitrogens is 1. The van der Waals surface area contributed by atoms with Gasteiger partial charge < -0.3 is 10.5 Å². The first kappa shape index (κ1) is 15.8. The zero-order chi connectivity index (χ0) is 16.5. The molecule has 1 heterocycles. The molecule has 0 bridgehead atoms. The largest absolute Gasteiger partial charge is 0.461 e. The van der Waals surface area contributed by atoms with E-state index in [4.69, 9.17) is 15.0 Å². The number of hydrogen-bond donors (Lipinski definition) is 3. The second kappa shape index (κ2) is 5.66. The average molecular weight is 327 g/mol. The van der Waals surface area contributed by atoms with Gasteiger partial charge in [-0.2, -0.15) is 8.42 Å². The van der Waals surface area contributed by atoms with Crippen molar-refractivity contribution >= 4 is 21.8 Å². The number of nitrogen functional groups attached to an aromatic ring is 1. The van der Waals surface area contributed by atoms with Crippen molar-refractivity contribution < 1.29 is 22.5 Å². The number of carbonyl (C=O) groups excluding carboxylic acids is 1. The van der Waals surface area contributed by atoms with Crippen LogP contribution in [-0.2, 0) is 14.9 Å². The van der Waals surface area contributed by atoms with E-state index in [1.54, 1.807) is 6.92 Å². The van der Waals surface area contributed by atoms with Gasteiger partial charge in [0.05, 0.1) is 18.0 Å². The molecule has 4 N–H and O–H groups in total. The van der Waals surface area contributed by atoms with E-state index in [9.17, 15) is 18.0 Å². The third-order valence-corrected chi connectivity index (χ3v) is 3.66. The minimum Gasteiger partial charge on any atom is -0.461 e. The maximum absolute atomic E-state index is 11.9. The summed E-state index contributed by atoms with van der Waals surface area (Å²) in [5.41, 5.74) is 4.70. The molecule has 22 heavy (non-hydrogen) atoms. The fraction of sp³-hybridized carbons (Fsp3) is 0.167. The molecular weight excluding hydrogens is 314 g/mol. The van der Waals surface area contributed by atoms with Crippen molar-refractivity contribution in [2.45, 2.75) is 11.8 Å². The fourth-order valence-electron chi connectivity index (χ4n) is 1.79. The molecule has 0 saturated heterocycles. The summed E-state index contributed by atoms with van der Waals surface area (Å²) in [5, 5.41) is 2.49. The molecule has 1 aromatic carbocycles. The summed E-state index contributed by atoms with van der Waals surface area (Å²) < 4.78 is 37.2. The van der Waals surface area contributed by atoms with Gasteiger partial charge in [-0.25, -0.2) is 9.48 Å². The van der Waals surface area contributed by atoms with Crippen molar-refractivity contribution in [2.24, 2.45) is 0 Å². The van der Waals surface area contributed by atoms with Crippen LogP contribution in [0.2, 0.25) is 0 Å². The van der Waals surface area contributed by atoms with Crippen LogP contribution in [0.15, 0.2) is 34.0 Å². The Morgan fingerprint density at radius 2 is 2.09 bits per heavy atom. The maximum atomic E-state index is 11.9. The van der Waals surface area contributed by atoms with E-state index in [0.717, 1.165) is 16.8 Å². The summed E-state index contributed by atoms with van der Waals surface area (Å²) >= 11 is 0. The van der Waals surface area contributed by atoms with Gasteiger partial charge in [-0.05, 0) is 25.1 Å². The summed E-state index contributed by atoms with van der Waals surface area (Å²) in [6.45, 7) is 1.76. The fourth-order valence-corrected chi connectivity index (χ4v) is 2.42. The van der Waals surface area contributed by atoms with E-state index >= 15 is 0 Å². The number of aromatic nitrogens is 2. The zero-order valence-corrected chi connectivity index (χ0v) is 12.3. The molecule has 0 aliphatic heterocycles. The molecule has 0 aliphatic carbocycles. The number of anilines is 1. The SMILES string of the molecule is CCOC(=O)c1cc(=O)n(-c2ccc(N)c(S(=O)(=O)O)c2)[nH]1. The summed E-state index contributed by atoms with van der Waals surface area (Å²) in [6, 6.07) is 4.60. The first-order chi connectivity index (χ1) is 10.2. The van der Waals surface area contributed by atoms with Gasteiger partial charge >= 0.3 is 5.97 Å². The number of hydrogen-bond acceptors (Lipinski definition) is 6. The second-order valence-corrected chi connectivity index (χ2v) is 5.65. The highest BCUT2D eigenvalue weighted by molar-refractivity contribution is 7.86. The topological polar surface area (TPSA) is 144 Å². The number of ether oxygens (including phenoxy) is 1. The molecule has 0 amide bonds. The van der Waals surface area contributed by atoms with E-state index in [2.05, 4.69) is 5.10 Å². The summed E-state index contributed by atoms with van der Waals surface area (Å²) in [6.07, 6.45) is 0. The zero-order valence-electron chi connectivity index (χ0n) is 11.4. The number of aromatic amines is 1. The Labute approximate surface area is 125 Å². The Morgan fingerprint density at radius 3 is 2.68 bits per heavy atom.